The molecule has 0 aromatic heterocycles. The van der Waals surface area contributed by atoms with Gasteiger partial charge in [0.25, 0.3) is 0 Å². The van der Waals surface area contributed by atoms with Crippen LogP contribution in [0.25, 0.3) is 0 Å². The Hall–Kier alpha value is -1.06. The third-order valence-corrected chi connectivity index (χ3v) is 5.02. The molecule has 2 N–H and O–H groups in total. The number of hydrogen-bond acceptors (Lipinski definition) is 3. The molecule has 0 saturated heterocycles. The highest BCUT2D eigenvalue weighted by Gasteiger charge is 2.38. The lowest BCUT2D eigenvalue weighted by Gasteiger charge is -2.39. The molecule has 3 nitrogen and oxygen atoms in total. The van der Waals surface area contributed by atoms with E-state index in [0.29, 0.717) is 5.54 Å². The molecule has 3 rings (SSSR count). The molecule has 1 heterocycles. The predicted molar refractivity (Wildman–Crippen MR) is 79.9 cm³/mol. The number of hydrogen-bond donors (Lipinski definition) is 1. The molecule has 1 aliphatic carbocycles. The van der Waals surface area contributed by atoms with Crippen LogP contribution in [-0.2, 0) is 13.1 Å². The highest BCUT2D eigenvalue weighted by atomic mass is 15.2. The largest absolute Gasteiger partial charge is 0.399 e. The highest BCUT2D eigenvalue weighted by molar-refractivity contribution is 5.46. The molecule has 3 heteroatoms. The van der Waals surface area contributed by atoms with Crippen LogP contribution in [0.5, 0.6) is 0 Å². The van der Waals surface area contributed by atoms with Crippen molar-refractivity contribution in [3.8, 4) is 0 Å². The Morgan fingerprint density at radius 2 is 1.84 bits per heavy atom. The maximum atomic E-state index is 5.89. The minimum Gasteiger partial charge on any atom is -0.399 e. The Morgan fingerprint density at radius 1 is 1.16 bits per heavy atom. The number of likely N-dealkylation sites (N-methyl/N-ethyl adjacent to an activating group) is 1. The lowest BCUT2D eigenvalue weighted by Crippen LogP contribution is -2.49. The number of nitrogens with two attached hydrogens (primary N) is 1. The number of anilines is 1. The summed E-state index contributed by atoms with van der Waals surface area (Å²) in [7, 11) is 4.49. The van der Waals surface area contributed by atoms with Crippen LogP contribution in [0.4, 0.5) is 5.69 Å². The highest BCUT2D eigenvalue weighted by Crippen LogP contribution is 2.36. The van der Waals surface area contributed by atoms with Crippen molar-refractivity contribution < 1.29 is 0 Å². The zero-order chi connectivity index (χ0) is 13.5. The Labute approximate surface area is 116 Å². The normalized spacial score (nSPS) is 22.1. The van der Waals surface area contributed by atoms with Gasteiger partial charge in [0.15, 0.2) is 0 Å². The zero-order valence-electron chi connectivity index (χ0n) is 12.2. The molecule has 1 saturated carbocycles. The van der Waals surface area contributed by atoms with Gasteiger partial charge in [-0.1, -0.05) is 18.9 Å². The monoisotopic (exact) mass is 259 g/mol. The summed E-state index contributed by atoms with van der Waals surface area (Å²) in [5, 5.41) is 0. The first kappa shape index (κ1) is 12.9. The lowest BCUT2D eigenvalue weighted by atomic mass is 9.95. The van der Waals surface area contributed by atoms with Crippen LogP contribution in [0.1, 0.15) is 36.8 Å². The number of nitrogens with zero attached hydrogens (tertiary/aromatic N) is 2. The molecule has 0 unspecified atom stereocenters. The molecular weight excluding hydrogens is 234 g/mol. The first-order valence-corrected chi connectivity index (χ1v) is 7.36. The van der Waals surface area contributed by atoms with Crippen LogP contribution in [0.3, 0.4) is 0 Å². The fourth-order valence-electron chi connectivity index (χ4n) is 3.79. The topological polar surface area (TPSA) is 32.5 Å². The third-order valence-electron chi connectivity index (χ3n) is 5.02. The van der Waals surface area contributed by atoms with E-state index in [1.807, 2.05) is 6.07 Å². The summed E-state index contributed by atoms with van der Waals surface area (Å²) in [5.41, 5.74) is 10.1. The van der Waals surface area contributed by atoms with E-state index in [0.717, 1.165) is 18.8 Å². The first-order chi connectivity index (χ1) is 9.09. The molecule has 2 aliphatic rings. The standard InChI is InChI=1S/C16H25N3/c1-18(2)16(7-3-4-8-16)12-19-10-13-5-6-15(17)9-14(13)11-19/h5-6,9H,3-4,7-8,10-12,17H2,1-2H3. The second kappa shape index (κ2) is 4.80. The quantitative estimate of drug-likeness (QED) is 0.846. The van der Waals surface area contributed by atoms with E-state index in [1.165, 1.54) is 43.4 Å². The maximum absolute atomic E-state index is 5.89. The van der Waals surface area contributed by atoms with Crippen molar-refractivity contribution >= 4 is 5.69 Å². The van der Waals surface area contributed by atoms with Gasteiger partial charge in [-0.15, -0.1) is 0 Å². The third kappa shape index (κ3) is 2.37. The molecule has 0 radical (unpaired) electrons. The van der Waals surface area contributed by atoms with Crippen molar-refractivity contribution in [2.45, 2.75) is 44.3 Å². The summed E-state index contributed by atoms with van der Waals surface area (Å²) in [6.45, 7) is 3.34. The number of benzene rings is 1. The smallest absolute Gasteiger partial charge is 0.0330 e. The van der Waals surface area contributed by atoms with E-state index in [1.54, 1.807) is 0 Å². The molecule has 0 atom stereocenters. The van der Waals surface area contributed by atoms with Gasteiger partial charge in [-0.2, -0.15) is 0 Å². The van der Waals surface area contributed by atoms with Gasteiger partial charge in [0.2, 0.25) is 0 Å². The molecule has 104 valence electrons. The van der Waals surface area contributed by atoms with Gasteiger partial charge in [0, 0.05) is 30.9 Å². The average molecular weight is 259 g/mol. The van der Waals surface area contributed by atoms with Crippen molar-refractivity contribution in [1.29, 1.82) is 0 Å². The Kier molecular flexibility index (Phi) is 3.27. The summed E-state index contributed by atoms with van der Waals surface area (Å²) in [6.07, 6.45) is 5.45. The van der Waals surface area contributed by atoms with Gasteiger partial charge in [-0.25, -0.2) is 0 Å². The van der Waals surface area contributed by atoms with Crippen LogP contribution in [-0.4, -0.2) is 36.0 Å². The van der Waals surface area contributed by atoms with Crippen LogP contribution in [0, 0.1) is 0 Å². The summed E-state index contributed by atoms with van der Waals surface area (Å²) >= 11 is 0. The van der Waals surface area contributed by atoms with Crippen molar-refractivity contribution in [3.63, 3.8) is 0 Å². The maximum Gasteiger partial charge on any atom is 0.0330 e. The average Bonchev–Trinajstić information content (AvgIpc) is 2.96. The molecule has 1 aliphatic heterocycles. The second-order valence-corrected chi connectivity index (χ2v) is 6.50. The minimum atomic E-state index is 0.396. The Balaban J connectivity index is 1.73. The van der Waals surface area contributed by atoms with Crippen molar-refractivity contribution in [1.82, 2.24) is 9.80 Å². The van der Waals surface area contributed by atoms with Crippen LogP contribution < -0.4 is 5.73 Å². The van der Waals surface area contributed by atoms with E-state index in [9.17, 15) is 0 Å². The summed E-state index contributed by atoms with van der Waals surface area (Å²) < 4.78 is 0. The van der Waals surface area contributed by atoms with Gasteiger partial charge >= 0.3 is 0 Å². The molecule has 0 bridgehead atoms. The predicted octanol–water partition coefficient (Wildman–Crippen LogP) is 2.46. The van der Waals surface area contributed by atoms with E-state index < -0.39 is 0 Å². The van der Waals surface area contributed by atoms with Crippen LogP contribution in [0.15, 0.2) is 18.2 Å². The number of rotatable bonds is 3. The Morgan fingerprint density at radius 3 is 2.53 bits per heavy atom. The molecule has 1 fully saturated rings. The summed E-state index contributed by atoms with van der Waals surface area (Å²) in [6, 6.07) is 6.37. The van der Waals surface area contributed by atoms with E-state index >= 15 is 0 Å². The fraction of sp³-hybridized carbons (Fsp3) is 0.625. The van der Waals surface area contributed by atoms with Gasteiger partial charge < -0.3 is 10.6 Å². The SMILES string of the molecule is CN(C)C1(CN2Cc3ccc(N)cc3C2)CCCC1. The van der Waals surface area contributed by atoms with E-state index in [4.69, 9.17) is 5.73 Å². The van der Waals surface area contributed by atoms with Crippen LogP contribution in [0.2, 0.25) is 0 Å². The molecular formula is C16H25N3. The van der Waals surface area contributed by atoms with Gasteiger partial charge in [0.05, 0.1) is 0 Å². The first-order valence-electron chi connectivity index (χ1n) is 7.36. The molecule has 19 heavy (non-hydrogen) atoms. The number of fused-ring (bicyclic) bond motifs is 1. The summed E-state index contributed by atoms with van der Waals surface area (Å²) in [4.78, 5) is 5.05. The van der Waals surface area contributed by atoms with E-state index in [-0.39, 0.29) is 0 Å². The molecule has 0 spiro atoms. The molecule has 0 amide bonds. The fourth-order valence-corrected chi connectivity index (χ4v) is 3.79. The van der Waals surface area contributed by atoms with Crippen molar-refractivity contribution in [2.75, 3.05) is 26.4 Å². The van der Waals surface area contributed by atoms with E-state index in [2.05, 4.69) is 36.0 Å². The molecule has 1 aromatic carbocycles. The lowest BCUT2D eigenvalue weighted by molar-refractivity contribution is 0.0917. The van der Waals surface area contributed by atoms with Gasteiger partial charge in [-0.3, -0.25) is 4.90 Å². The van der Waals surface area contributed by atoms with Crippen molar-refractivity contribution in [2.24, 2.45) is 0 Å². The zero-order valence-corrected chi connectivity index (χ0v) is 12.2. The van der Waals surface area contributed by atoms with Crippen LogP contribution >= 0.6 is 0 Å². The second-order valence-electron chi connectivity index (χ2n) is 6.50. The van der Waals surface area contributed by atoms with Crippen molar-refractivity contribution in [3.05, 3.63) is 29.3 Å². The summed E-state index contributed by atoms with van der Waals surface area (Å²) in [5.74, 6) is 0. The molecule has 1 aromatic rings. The minimum absolute atomic E-state index is 0.396. The number of nitrogen functional groups attached to an aromatic ring is 1. The van der Waals surface area contributed by atoms with Gasteiger partial charge in [-0.05, 0) is 50.2 Å². The van der Waals surface area contributed by atoms with Gasteiger partial charge in [0.1, 0.15) is 0 Å². The Bertz CT molecular complexity index is 461.